The minimum Gasteiger partial charge on any atom is -0.356 e. The summed E-state index contributed by atoms with van der Waals surface area (Å²) in [5, 5.41) is 11.5. The van der Waals surface area contributed by atoms with E-state index in [-0.39, 0.29) is 24.0 Å². The van der Waals surface area contributed by atoms with Gasteiger partial charge in [-0.15, -0.1) is 24.0 Å². The number of benzene rings is 1. The molecular formula is C21H30IN5. The minimum absolute atomic E-state index is 0. The van der Waals surface area contributed by atoms with Gasteiger partial charge in [-0.3, -0.25) is 4.99 Å². The Hall–Kier alpha value is -1.83. The van der Waals surface area contributed by atoms with Gasteiger partial charge in [0.25, 0.3) is 0 Å². The zero-order valence-electron chi connectivity index (χ0n) is 16.5. The lowest BCUT2D eigenvalue weighted by atomic mass is 10.1. The first-order chi connectivity index (χ1) is 12.7. The van der Waals surface area contributed by atoms with E-state index in [1.165, 1.54) is 24.8 Å². The van der Waals surface area contributed by atoms with Crippen molar-refractivity contribution in [1.29, 1.82) is 0 Å². The second kappa shape index (κ2) is 10.5. The van der Waals surface area contributed by atoms with Crippen LogP contribution in [0.4, 0.5) is 0 Å². The lowest BCUT2D eigenvalue weighted by molar-refractivity contribution is 0.763. The van der Waals surface area contributed by atoms with Crippen molar-refractivity contribution in [3.8, 4) is 5.69 Å². The molecule has 5 nitrogen and oxygen atoms in total. The number of hydrogen-bond acceptors (Lipinski definition) is 2. The maximum absolute atomic E-state index is 4.62. The molecule has 0 radical (unpaired) electrons. The molecule has 146 valence electrons. The molecule has 2 aromatic rings. The summed E-state index contributed by atoms with van der Waals surface area (Å²) in [4.78, 5) is 4.34. The molecule has 0 unspecified atom stereocenters. The first-order valence-corrected chi connectivity index (χ1v) is 9.41. The Morgan fingerprint density at radius 2 is 2.04 bits per heavy atom. The van der Waals surface area contributed by atoms with Gasteiger partial charge in [0, 0.05) is 25.8 Å². The largest absolute Gasteiger partial charge is 0.356 e. The number of halogens is 1. The Bertz CT molecular complexity index is 807. The van der Waals surface area contributed by atoms with Crippen LogP contribution in [0, 0.1) is 13.8 Å². The highest BCUT2D eigenvalue weighted by molar-refractivity contribution is 14.0. The summed E-state index contributed by atoms with van der Waals surface area (Å²) in [6.07, 6.45) is 7.28. The molecule has 1 aliphatic carbocycles. The van der Waals surface area contributed by atoms with Crippen LogP contribution in [0.5, 0.6) is 0 Å². The lowest BCUT2D eigenvalue weighted by Gasteiger charge is -2.15. The first-order valence-electron chi connectivity index (χ1n) is 9.41. The SMILES string of the molecule is CN=C(NCCC1=CCCC1)NCc1ccccc1-n1nc(C)cc1C.I. The van der Waals surface area contributed by atoms with Crippen molar-refractivity contribution in [3.63, 3.8) is 0 Å². The number of guanidine groups is 1. The molecule has 0 bridgehead atoms. The van der Waals surface area contributed by atoms with Crippen molar-refractivity contribution in [1.82, 2.24) is 20.4 Å². The highest BCUT2D eigenvalue weighted by Crippen LogP contribution is 2.20. The third-order valence-electron chi connectivity index (χ3n) is 4.77. The topological polar surface area (TPSA) is 54.2 Å². The number of aryl methyl sites for hydroxylation is 2. The summed E-state index contributed by atoms with van der Waals surface area (Å²) < 4.78 is 2.01. The molecule has 27 heavy (non-hydrogen) atoms. The molecule has 3 rings (SSSR count). The molecule has 1 heterocycles. The predicted octanol–water partition coefficient (Wildman–Crippen LogP) is 4.27. The number of hydrogen-bond donors (Lipinski definition) is 2. The average molecular weight is 479 g/mol. The zero-order valence-corrected chi connectivity index (χ0v) is 18.8. The fourth-order valence-corrected chi connectivity index (χ4v) is 3.45. The highest BCUT2D eigenvalue weighted by Gasteiger charge is 2.09. The van der Waals surface area contributed by atoms with Gasteiger partial charge in [-0.1, -0.05) is 29.8 Å². The fraction of sp³-hybridized carbons (Fsp3) is 0.429. The van der Waals surface area contributed by atoms with Gasteiger partial charge in [-0.25, -0.2) is 4.68 Å². The molecular weight excluding hydrogens is 449 g/mol. The summed E-state index contributed by atoms with van der Waals surface area (Å²) in [6.45, 7) is 5.74. The molecule has 0 saturated carbocycles. The molecule has 1 aliphatic rings. The van der Waals surface area contributed by atoms with E-state index in [2.05, 4.69) is 64.1 Å². The van der Waals surface area contributed by atoms with Gasteiger partial charge in [0.05, 0.1) is 11.4 Å². The molecule has 2 N–H and O–H groups in total. The summed E-state index contributed by atoms with van der Waals surface area (Å²) in [5.41, 5.74) is 6.05. The van der Waals surface area contributed by atoms with Gasteiger partial charge in [0.15, 0.2) is 5.96 Å². The van der Waals surface area contributed by atoms with Gasteiger partial charge in [0.2, 0.25) is 0 Å². The number of allylic oxidation sites excluding steroid dienone is 1. The van der Waals surface area contributed by atoms with Crippen LogP contribution in [0.3, 0.4) is 0 Å². The highest BCUT2D eigenvalue weighted by atomic mass is 127. The number of aliphatic imine (C=N–C) groups is 1. The Morgan fingerprint density at radius 1 is 1.22 bits per heavy atom. The van der Waals surface area contributed by atoms with E-state index in [0.29, 0.717) is 6.54 Å². The van der Waals surface area contributed by atoms with Crippen LogP contribution in [0.25, 0.3) is 5.69 Å². The van der Waals surface area contributed by atoms with E-state index in [1.54, 1.807) is 5.57 Å². The maximum Gasteiger partial charge on any atom is 0.191 e. The van der Waals surface area contributed by atoms with Crippen molar-refractivity contribution in [2.24, 2.45) is 4.99 Å². The Labute approximate surface area is 179 Å². The van der Waals surface area contributed by atoms with Crippen LogP contribution >= 0.6 is 24.0 Å². The van der Waals surface area contributed by atoms with Gasteiger partial charge in [-0.05, 0) is 57.2 Å². The summed E-state index contributed by atoms with van der Waals surface area (Å²) in [7, 11) is 1.82. The standard InChI is InChI=1S/C21H29N5.HI/c1-16-14-17(2)26(25-16)20-11-7-6-10-19(20)15-24-21(22-3)23-13-12-18-8-4-5-9-18;/h6-8,10-11,14H,4-5,9,12-13,15H2,1-3H3,(H2,22,23,24);1H. The number of nitrogens with one attached hydrogen (secondary N) is 2. The van der Waals surface area contributed by atoms with Gasteiger partial charge in [0.1, 0.15) is 0 Å². The molecule has 0 saturated heterocycles. The fourth-order valence-electron chi connectivity index (χ4n) is 3.45. The van der Waals surface area contributed by atoms with Crippen LogP contribution in [0.2, 0.25) is 0 Å². The zero-order chi connectivity index (χ0) is 18.4. The van der Waals surface area contributed by atoms with E-state index < -0.39 is 0 Å². The van der Waals surface area contributed by atoms with E-state index in [4.69, 9.17) is 0 Å². The van der Waals surface area contributed by atoms with E-state index >= 15 is 0 Å². The van der Waals surface area contributed by atoms with E-state index in [0.717, 1.165) is 36.0 Å². The van der Waals surface area contributed by atoms with Crippen molar-refractivity contribution >= 4 is 29.9 Å². The van der Waals surface area contributed by atoms with Crippen molar-refractivity contribution in [2.75, 3.05) is 13.6 Å². The molecule has 0 spiro atoms. The van der Waals surface area contributed by atoms with Gasteiger partial charge in [-0.2, -0.15) is 5.10 Å². The normalized spacial score (nSPS) is 13.9. The molecule has 0 atom stereocenters. The summed E-state index contributed by atoms with van der Waals surface area (Å²) in [6, 6.07) is 10.5. The molecule has 0 amide bonds. The Balaban J connectivity index is 0.00000261. The smallest absolute Gasteiger partial charge is 0.191 e. The Kier molecular flexibility index (Phi) is 8.34. The Morgan fingerprint density at radius 3 is 2.70 bits per heavy atom. The third kappa shape index (κ3) is 5.82. The quantitative estimate of drug-likeness (QED) is 0.282. The van der Waals surface area contributed by atoms with Crippen LogP contribution in [-0.4, -0.2) is 29.3 Å². The van der Waals surface area contributed by atoms with Gasteiger partial charge >= 0.3 is 0 Å². The monoisotopic (exact) mass is 479 g/mol. The number of nitrogens with zero attached hydrogens (tertiary/aromatic N) is 3. The van der Waals surface area contributed by atoms with E-state index in [9.17, 15) is 0 Å². The minimum atomic E-state index is 0. The number of para-hydroxylation sites is 1. The average Bonchev–Trinajstić information content (AvgIpc) is 3.27. The molecule has 0 fully saturated rings. The third-order valence-corrected chi connectivity index (χ3v) is 4.77. The molecule has 1 aromatic heterocycles. The number of aromatic nitrogens is 2. The molecule has 0 aliphatic heterocycles. The van der Waals surface area contributed by atoms with Crippen molar-refractivity contribution in [3.05, 3.63) is 58.9 Å². The summed E-state index contributed by atoms with van der Waals surface area (Å²) in [5.74, 6) is 0.840. The second-order valence-electron chi connectivity index (χ2n) is 6.82. The van der Waals surface area contributed by atoms with Crippen LogP contribution in [0.15, 0.2) is 47.0 Å². The predicted molar refractivity (Wildman–Crippen MR) is 123 cm³/mol. The first kappa shape index (κ1) is 21.5. The van der Waals surface area contributed by atoms with Crippen LogP contribution < -0.4 is 10.6 Å². The molecule has 1 aromatic carbocycles. The second-order valence-corrected chi connectivity index (χ2v) is 6.82. The number of rotatable bonds is 6. The van der Waals surface area contributed by atoms with E-state index in [1.807, 2.05) is 18.7 Å². The van der Waals surface area contributed by atoms with Crippen molar-refractivity contribution < 1.29 is 0 Å². The van der Waals surface area contributed by atoms with Crippen molar-refractivity contribution in [2.45, 2.75) is 46.1 Å². The van der Waals surface area contributed by atoms with Crippen LogP contribution in [0.1, 0.15) is 42.6 Å². The molecule has 6 heteroatoms. The van der Waals surface area contributed by atoms with Gasteiger partial charge < -0.3 is 10.6 Å². The van der Waals surface area contributed by atoms with Crippen LogP contribution in [-0.2, 0) is 6.54 Å². The summed E-state index contributed by atoms with van der Waals surface area (Å²) >= 11 is 0. The lowest BCUT2D eigenvalue weighted by Crippen LogP contribution is -2.37. The maximum atomic E-state index is 4.62.